The summed E-state index contributed by atoms with van der Waals surface area (Å²) >= 11 is 4.75. The van der Waals surface area contributed by atoms with Crippen molar-refractivity contribution in [2.45, 2.75) is 6.92 Å². The molecule has 0 saturated heterocycles. The van der Waals surface area contributed by atoms with E-state index in [-0.39, 0.29) is 11.5 Å². The molecule has 0 fully saturated rings. The van der Waals surface area contributed by atoms with Crippen molar-refractivity contribution in [2.75, 3.05) is 0 Å². The summed E-state index contributed by atoms with van der Waals surface area (Å²) in [7, 11) is 0. The number of fused-ring (bicyclic) bond motifs is 1. The van der Waals surface area contributed by atoms with Gasteiger partial charge in [0.25, 0.3) is 5.56 Å². The van der Waals surface area contributed by atoms with E-state index in [1.165, 1.54) is 22.8 Å². The minimum absolute atomic E-state index is 0.218. The van der Waals surface area contributed by atoms with E-state index < -0.39 is 0 Å². The fourth-order valence-electron chi connectivity index (χ4n) is 2.54. The van der Waals surface area contributed by atoms with Crippen molar-refractivity contribution in [1.82, 2.24) is 14.6 Å². The summed E-state index contributed by atoms with van der Waals surface area (Å²) in [5.74, 6) is 0.589. The van der Waals surface area contributed by atoms with Crippen molar-refractivity contribution in [1.29, 1.82) is 0 Å². The number of ether oxygens (including phenoxy) is 1. The van der Waals surface area contributed by atoms with Gasteiger partial charge in [0.1, 0.15) is 5.75 Å². The Kier molecular flexibility index (Phi) is 4.59. The molecule has 4 aromatic rings. The van der Waals surface area contributed by atoms with Gasteiger partial charge in [-0.3, -0.25) is 9.59 Å². The maximum atomic E-state index is 12.6. The highest BCUT2D eigenvalue weighted by Gasteiger charge is 2.13. The Morgan fingerprint density at radius 2 is 1.93 bits per heavy atom. The van der Waals surface area contributed by atoms with E-state index in [0.717, 1.165) is 15.6 Å². The molecule has 0 aliphatic rings. The van der Waals surface area contributed by atoms with Gasteiger partial charge in [0, 0.05) is 17.0 Å². The summed E-state index contributed by atoms with van der Waals surface area (Å²) in [5.41, 5.74) is 1.43. The van der Waals surface area contributed by atoms with Crippen LogP contribution in [0.4, 0.5) is 0 Å². The molecule has 0 atom stereocenters. The van der Waals surface area contributed by atoms with Gasteiger partial charge in [-0.25, -0.2) is 0 Å². The third kappa shape index (κ3) is 3.54. The van der Waals surface area contributed by atoms with Crippen LogP contribution in [0, 0.1) is 0 Å². The van der Waals surface area contributed by atoms with Gasteiger partial charge in [0.2, 0.25) is 4.96 Å². The van der Waals surface area contributed by atoms with Gasteiger partial charge in [0.05, 0.1) is 4.53 Å². The van der Waals surface area contributed by atoms with E-state index in [2.05, 4.69) is 26.0 Å². The maximum absolute atomic E-state index is 12.6. The molecule has 0 spiro atoms. The van der Waals surface area contributed by atoms with Gasteiger partial charge >= 0.3 is 5.97 Å². The molecule has 27 heavy (non-hydrogen) atoms. The first-order chi connectivity index (χ1) is 13.0. The third-order valence-electron chi connectivity index (χ3n) is 3.74. The summed E-state index contributed by atoms with van der Waals surface area (Å²) in [6.07, 6.45) is 1.76. The Morgan fingerprint density at radius 3 is 2.59 bits per heavy atom. The summed E-state index contributed by atoms with van der Waals surface area (Å²) in [6.45, 7) is 1.35. The predicted molar refractivity (Wildman–Crippen MR) is 107 cm³/mol. The normalized spacial score (nSPS) is 11.9. The number of carbonyl (C=O) groups is 1. The second-order valence-corrected chi connectivity index (χ2v) is 7.55. The molecule has 2 heterocycles. The molecule has 0 bridgehead atoms. The molecule has 134 valence electrons. The minimum Gasteiger partial charge on any atom is -0.427 e. The molecule has 0 amide bonds. The molecule has 0 unspecified atom stereocenters. The smallest absolute Gasteiger partial charge is 0.308 e. The third-order valence-corrected chi connectivity index (χ3v) is 5.39. The zero-order chi connectivity index (χ0) is 19.0. The molecule has 0 saturated carbocycles. The highest BCUT2D eigenvalue weighted by Crippen LogP contribution is 2.25. The minimum atomic E-state index is -0.375. The van der Waals surface area contributed by atoms with Gasteiger partial charge in [-0.2, -0.15) is 9.50 Å². The van der Waals surface area contributed by atoms with E-state index in [1.807, 2.05) is 24.3 Å². The van der Waals surface area contributed by atoms with Crippen LogP contribution in [-0.2, 0) is 4.79 Å². The van der Waals surface area contributed by atoms with Crippen molar-refractivity contribution in [3.63, 3.8) is 0 Å². The van der Waals surface area contributed by atoms with Gasteiger partial charge in [-0.1, -0.05) is 51.5 Å². The molecule has 0 aliphatic heterocycles. The summed E-state index contributed by atoms with van der Waals surface area (Å²) in [6, 6.07) is 14.5. The van der Waals surface area contributed by atoms with Crippen molar-refractivity contribution >= 4 is 44.3 Å². The molecular formula is C19H12BrN3O3S. The van der Waals surface area contributed by atoms with Gasteiger partial charge in [-0.05, 0) is 35.9 Å². The fourth-order valence-corrected chi connectivity index (χ4v) is 3.91. The largest absolute Gasteiger partial charge is 0.427 e. The van der Waals surface area contributed by atoms with E-state index in [1.54, 1.807) is 30.3 Å². The molecule has 6 nitrogen and oxygen atoms in total. The highest BCUT2D eigenvalue weighted by molar-refractivity contribution is 9.10. The fraction of sp³-hybridized carbons (Fsp3) is 0.0526. The lowest BCUT2D eigenvalue weighted by atomic mass is 10.2. The Labute approximate surface area is 165 Å². The molecule has 2 aromatic carbocycles. The van der Waals surface area contributed by atoms with E-state index >= 15 is 0 Å². The van der Waals surface area contributed by atoms with Crippen LogP contribution < -0.4 is 14.8 Å². The van der Waals surface area contributed by atoms with Gasteiger partial charge in [0.15, 0.2) is 5.82 Å². The average Bonchev–Trinajstić information content (AvgIpc) is 3.17. The summed E-state index contributed by atoms with van der Waals surface area (Å²) in [5, 5.41) is 4.35. The Bertz CT molecular complexity index is 1260. The lowest BCUT2D eigenvalue weighted by Gasteiger charge is -2.00. The number of esters is 1. The second-order valence-electron chi connectivity index (χ2n) is 5.69. The van der Waals surface area contributed by atoms with Crippen molar-refractivity contribution in [2.24, 2.45) is 0 Å². The van der Waals surface area contributed by atoms with Crippen molar-refractivity contribution in [3.05, 3.63) is 73.5 Å². The standard InChI is InChI=1S/C19H12BrN3O3S/c1-11(24)26-13-8-6-12(7-9-13)10-16-18(25)23-19(27-16)21-17(22-23)14-4-2-3-5-15(14)20/h2-10H,1H3/b16-10+. The van der Waals surface area contributed by atoms with Crippen LogP contribution in [-0.4, -0.2) is 20.6 Å². The van der Waals surface area contributed by atoms with Crippen LogP contribution in [0.25, 0.3) is 22.4 Å². The number of benzene rings is 2. The van der Waals surface area contributed by atoms with Crippen LogP contribution >= 0.6 is 27.3 Å². The Morgan fingerprint density at radius 1 is 1.19 bits per heavy atom. The molecule has 4 rings (SSSR count). The number of hydrogen-bond donors (Lipinski definition) is 0. The predicted octanol–water partition coefficient (Wildman–Crippen LogP) is 3.05. The zero-order valence-electron chi connectivity index (χ0n) is 14.0. The Balaban J connectivity index is 1.71. The number of rotatable bonds is 3. The number of hydrogen-bond acceptors (Lipinski definition) is 6. The van der Waals surface area contributed by atoms with Crippen molar-refractivity contribution < 1.29 is 9.53 Å². The lowest BCUT2D eigenvalue weighted by molar-refractivity contribution is -0.131. The Hall–Kier alpha value is -2.84. The topological polar surface area (TPSA) is 73.6 Å². The first-order valence-corrected chi connectivity index (χ1v) is 9.57. The highest BCUT2D eigenvalue weighted by atomic mass is 79.9. The summed E-state index contributed by atoms with van der Waals surface area (Å²) in [4.78, 5) is 28.6. The molecule has 0 radical (unpaired) electrons. The molecule has 0 aliphatic carbocycles. The number of aromatic nitrogens is 3. The van der Waals surface area contributed by atoms with E-state index in [9.17, 15) is 9.59 Å². The number of carbonyl (C=O) groups excluding carboxylic acids is 1. The number of thiazole rings is 1. The number of halogens is 1. The van der Waals surface area contributed by atoms with Crippen LogP contribution in [0.3, 0.4) is 0 Å². The van der Waals surface area contributed by atoms with Crippen LogP contribution in [0.5, 0.6) is 5.75 Å². The zero-order valence-corrected chi connectivity index (χ0v) is 16.5. The monoisotopic (exact) mass is 441 g/mol. The van der Waals surface area contributed by atoms with Crippen LogP contribution in [0.1, 0.15) is 12.5 Å². The first kappa shape index (κ1) is 17.6. The quantitative estimate of drug-likeness (QED) is 0.360. The molecule has 0 N–H and O–H groups in total. The molecule has 8 heteroatoms. The average molecular weight is 442 g/mol. The SMILES string of the molecule is CC(=O)Oc1ccc(/C=c2/sc3nc(-c4ccccc4Br)nn3c2=O)cc1. The van der Waals surface area contributed by atoms with E-state index in [0.29, 0.717) is 21.1 Å². The molecular weight excluding hydrogens is 430 g/mol. The van der Waals surface area contributed by atoms with Gasteiger partial charge in [-0.15, -0.1) is 5.10 Å². The van der Waals surface area contributed by atoms with Crippen LogP contribution in [0.2, 0.25) is 0 Å². The van der Waals surface area contributed by atoms with E-state index in [4.69, 9.17) is 4.74 Å². The second kappa shape index (κ2) is 7.05. The van der Waals surface area contributed by atoms with Crippen molar-refractivity contribution in [3.8, 4) is 17.1 Å². The number of nitrogens with zero attached hydrogens (tertiary/aromatic N) is 3. The lowest BCUT2D eigenvalue weighted by Crippen LogP contribution is -2.23. The van der Waals surface area contributed by atoms with Gasteiger partial charge < -0.3 is 4.74 Å². The molecule has 2 aromatic heterocycles. The first-order valence-electron chi connectivity index (χ1n) is 7.96. The summed E-state index contributed by atoms with van der Waals surface area (Å²) < 4.78 is 7.72. The maximum Gasteiger partial charge on any atom is 0.308 e. The van der Waals surface area contributed by atoms with Crippen LogP contribution in [0.15, 0.2) is 57.8 Å².